The number of benzene rings is 1. The number of hydrogen-bond acceptors (Lipinski definition) is 4. The van der Waals surface area contributed by atoms with E-state index in [2.05, 4.69) is 28.3 Å². The number of rotatable bonds is 6. The fourth-order valence-electron chi connectivity index (χ4n) is 3.56. The lowest BCUT2D eigenvalue weighted by Gasteiger charge is -2.14. The minimum atomic E-state index is -0.360. The van der Waals surface area contributed by atoms with Gasteiger partial charge in [0, 0.05) is 12.1 Å². The molecule has 3 rings (SSSR count). The molecule has 0 saturated heterocycles. The smallest absolute Gasteiger partial charge is 0.271 e. The van der Waals surface area contributed by atoms with Crippen molar-refractivity contribution in [2.24, 2.45) is 5.92 Å². The van der Waals surface area contributed by atoms with E-state index in [4.69, 9.17) is 0 Å². The summed E-state index contributed by atoms with van der Waals surface area (Å²) < 4.78 is 0. The fourth-order valence-corrected chi connectivity index (χ4v) is 3.56. The van der Waals surface area contributed by atoms with Crippen LogP contribution in [0.5, 0.6) is 0 Å². The summed E-state index contributed by atoms with van der Waals surface area (Å²) in [6.45, 7) is 2.13. The van der Waals surface area contributed by atoms with Gasteiger partial charge in [-0.15, -0.1) is 0 Å². The van der Waals surface area contributed by atoms with Crippen molar-refractivity contribution in [1.82, 2.24) is 9.97 Å². The van der Waals surface area contributed by atoms with Gasteiger partial charge in [-0.1, -0.05) is 57.2 Å². The summed E-state index contributed by atoms with van der Waals surface area (Å²) >= 11 is 0. The van der Waals surface area contributed by atoms with Crippen LogP contribution in [0.1, 0.15) is 56.0 Å². The summed E-state index contributed by atoms with van der Waals surface area (Å²) in [4.78, 5) is 19.7. The Kier molecular flexibility index (Phi) is 5.49. The minimum Gasteiger partial charge on any atom is -0.339 e. The van der Waals surface area contributed by atoms with E-state index in [0.29, 0.717) is 17.6 Å². The molecule has 1 aliphatic carbocycles. The Balaban J connectivity index is 1.92. The summed E-state index contributed by atoms with van der Waals surface area (Å²) in [7, 11) is 0. The summed E-state index contributed by atoms with van der Waals surface area (Å²) in [5.74, 6) is 1.62. The van der Waals surface area contributed by atoms with E-state index < -0.39 is 0 Å². The lowest BCUT2D eigenvalue weighted by Crippen LogP contribution is -2.19. The van der Waals surface area contributed by atoms with E-state index in [1.807, 2.05) is 24.3 Å². The fraction of sp³-hybridized carbons (Fsp3) is 0.450. The summed E-state index contributed by atoms with van der Waals surface area (Å²) in [6.07, 6.45) is 7.61. The maximum Gasteiger partial charge on any atom is 0.271 e. The first-order valence-corrected chi connectivity index (χ1v) is 9.09. The van der Waals surface area contributed by atoms with E-state index in [-0.39, 0.29) is 11.1 Å². The number of aryl methyl sites for hydroxylation is 1. The van der Waals surface area contributed by atoms with Gasteiger partial charge in [0.2, 0.25) is 0 Å². The highest BCUT2D eigenvalue weighted by Crippen LogP contribution is 2.28. The second-order valence-electron chi connectivity index (χ2n) is 6.73. The van der Waals surface area contributed by atoms with Crippen molar-refractivity contribution >= 4 is 11.5 Å². The first-order valence-electron chi connectivity index (χ1n) is 9.09. The van der Waals surface area contributed by atoms with Crippen LogP contribution in [0.4, 0.5) is 11.5 Å². The van der Waals surface area contributed by atoms with Gasteiger partial charge in [-0.3, -0.25) is 4.79 Å². The number of aromatic nitrogens is 2. The molecule has 130 valence electrons. The first kappa shape index (κ1) is 17.2. The molecule has 25 heavy (non-hydrogen) atoms. The molecule has 0 radical (unpaired) electrons. The van der Waals surface area contributed by atoms with E-state index in [1.54, 1.807) is 0 Å². The van der Waals surface area contributed by atoms with Gasteiger partial charge < -0.3 is 10.3 Å². The highest BCUT2D eigenvalue weighted by atomic mass is 16.1. The normalized spacial score (nSPS) is 14.4. The summed E-state index contributed by atoms with van der Waals surface area (Å²) in [5.41, 5.74) is 1.75. The first-order chi connectivity index (χ1) is 12.2. The molecule has 1 aromatic carbocycles. The third-order valence-electron chi connectivity index (χ3n) is 4.83. The lowest BCUT2D eigenvalue weighted by atomic mass is 10.0. The Morgan fingerprint density at radius 3 is 2.80 bits per heavy atom. The Morgan fingerprint density at radius 1 is 1.32 bits per heavy atom. The second-order valence-corrected chi connectivity index (χ2v) is 6.73. The largest absolute Gasteiger partial charge is 0.339 e. The van der Waals surface area contributed by atoms with Crippen LogP contribution in [-0.4, -0.2) is 9.97 Å². The highest BCUT2D eigenvalue weighted by molar-refractivity contribution is 5.65. The van der Waals surface area contributed by atoms with Crippen molar-refractivity contribution in [2.75, 3.05) is 5.32 Å². The predicted octanol–water partition coefficient (Wildman–Crippen LogP) is 4.07. The maximum absolute atomic E-state index is 12.3. The van der Waals surface area contributed by atoms with Crippen molar-refractivity contribution in [3.05, 3.63) is 51.6 Å². The molecule has 1 aliphatic rings. The van der Waals surface area contributed by atoms with Crippen LogP contribution < -0.4 is 10.9 Å². The topological polar surface area (TPSA) is 81.6 Å². The van der Waals surface area contributed by atoms with Gasteiger partial charge in [0.25, 0.3) is 5.56 Å². The van der Waals surface area contributed by atoms with Crippen LogP contribution in [0.25, 0.3) is 0 Å². The maximum atomic E-state index is 12.3. The van der Waals surface area contributed by atoms with Gasteiger partial charge >= 0.3 is 0 Å². The summed E-state index contributed by atoms with van der Waals surface area (Å²) in [6, 6.07) is 9.95. The zero-order chi connectivity index (χ0) is 17.6. The molecule has 5 nitrogen and oxygen atoms in total. The molecule has 1 aromatic heterocycles. The van der Waals surface area contributed by atoms with Gasteiger partial charge in [-0.2, -0.15) is 5.26 Å². The number of nitriles is 1. The van der Waals surface area contributed by atoms with Crippen LogP contribution in [0.3, 0.4) is 0 Å². The van der Waals surface area contributed by atoms with E-state index >= 15 is 0 Å². The molecule has 0 bridgehead atoms. The van der Waals surface area contributed by atoms with E-state index in [0.717, 1.165) is 30.5 Å². The molecule has 2 N–H and O–H groups in total. The number of nitrogens with one attached hydrogen (secondary N) is 2. The molecule has 0 unspecified atom stereocenters. The molecule has 0 amide bonds. The Bertz CT molecular complexity index is 828. The average molecular weight is 336 g/mol. The van der Waals surface area contributed by atoms with Crippen molar-refractivity contribution < 1.29 is 0 Å². The third-order valence-corrected chi connectivity index (χ3v) is 4.83. The number of anilines is 2. The Hall–Kier alpha value is -2.61. The Morgan fingerprint density at radius 2 is 2.08 bits per heavy atom. The number of nitrogens with zero attached hydrogens (tertiary/aromatic N) is 2. The SMILES string of the molecule is CCCc1ccccc1Nc1nc(CC2CCCC2)[nH]c(=O)c1C#N. The van der Waals surface area contributed by atoms with Crippen molar-refractivity contribution in [3.8, 4) is 6.07 Å². The van der Waals surface area contributed by atoms with Gasteiger partial charge in [0.05, 0.1) is 0 Å². The van der Waals surface area contributed by atoms with Gasteiger partial charge in [-0.25, -0.2) is 4.98 Å². The lowest BCUT2D eigenvalue weighted by molar-refractivity contribution is 0.529. The molecule has 5 heteroatoms. The minimum absolute atomic E-state index is 0.0430. The van der Waals surface area contributed by atoms with Gasteiger partial charge in [0.15, 0.2) is 11.4 Å². The molecule has 1 heterocycles. The van der Waals surface area contributed by atoms with Crippen molar-refractivity contribution in [3.63, 3.8) is 0 Å². The van der Waals surface area contributed by atoms with Crippen molar-refractivity contribution in [1.29, 1.82) is 5.26 Å². The molecule has 0 aliphatic heterocycles. The van der Waals surface area contributed by atoms with E-state index in [1.165, 1.54) is 25.7 Å². The second kappa shape index (κ2) is 7.98. The van der Waals surface area contributed by atoms with Crippen LogP contribution in [0.15, 0.2) is 29.1 Å². The van der Waals surface area contributed by atoms with Crippen LogP contribution in [0.2, 0.25) is 0 Å². The highest BCUT2D eigenvalue weighted by Gasteiger charge is 2.19. The van der Waals surface area contributed by atoms with Gasteiger partial charge in [-0.05, 0) is 24.0 Å². The third kappa shape index (κ3) is 4.08. The molecule has 0 atom stereocenters. The Labute approximate surface area is 148 Å². The van der Waals surface area contributed by atoms with Crippen LogP contribution >= 0.6 is 0 Å². The molecule has 1 saturated carbocycles. The predicted molar refractivity (Wildman–Crippen MR) is 99.0 cm³/mol. The molecule has 0 spiro atoms. The zero-order valence-electron chi connectivity index (χ0n) is 14.6. The molecular weight excluding hydrogens is 312 g/mol. The van der Waals surface area contributed by atoms with Crippen molar-refractivity contribution in [2.45, 2.75) is 51.9 Å². The number of H-pyrrole nitrogens is 1. The molecule has 2 aromatic rings. The average Bonchev–Trinajstić information content (AvgIpc) is 3.10. The van der Waals surface area contributed by atoms with Crippen LogP contribution in [-0.2, 0) is 12.8 Å². The van der Waals surface area contributed by atoms with E-state index in [9.17, 15) is 10.1 Å². The molecular formula is C20H24N4O. The van der Waals surface area contributed by atoms with Crippen LogP contribution in [0, 0.1) is 17.2 Å². The number of hydrogen-bond donors (Lipinski definition) is 2. The number of para-hydroxylation sites is 1. The van der Waals surface area contributed by atoms with Gasteiger partial charge in [0.1, 0.15) is 11.9 Å². The number of aromatic amines is 1. The standard InChI is InChI=1S/C20H24N4O/c1-2-7-15-10-5-6-11-17(15)22-19-16(13-21)20(25)24-18(23-19)12-14-8-3-4-9-14/h5-6,10-11,14H,2-4,7-9,12H2,1H3,(H2,22,23,24,25). The molecule has 1 fully saturated rings. The zero-order valence-corrected chi connectivity index (χ0v) is 14.6. The monoisotopic (exact) mass is 336 g/mol. The summed E-state index contributed by atoms with van der Waals surface area (Å²) in [5, 5.41) is 12.6. The quantitative estimate of drug-likeness (QED) is 0.833.